The van der Waals surface area contributed by atoms with Crippen LogP contribution >= 0.6 is 11.6 Å². The van der Waals surface area contributed by atoms with Crippen molar-refractivity contribution in [2.75, 3.05) is 10.6 Å². The van der Waals surface area contributed by atoms with E-state index in [9.17, 15) is 9.59 Å². The van der Waals surface area contributed by atoms with Gasteiger partial charge in [-0.25, -0.2) is 0 Å². The molecule has 1 unspecified atom stereocenters. The van der Waals surface area contributed by atoms with Gasteiger partial charge in [-0.1, -0.05) is 24.9 Å². The van der Waals surface area contributed by atoms with Gasteiger partial charge in [-0.2, -0.15) is 0 Å². The van der Waals surface area contributed by atoms with E-state index in [1.165, 1.54) is 6.92 Å². The summed E-state index contributed by atoms with van der Waals surface area (Å²) in [6.45, 7) is 3.36. The maximum absolute atomic E-state index is 11.8. The first-order valence-electron chi connectivity index (χ1n) is 6.07. The Balaban J connectivity index is 2.82. The molecule has 0 aliphatic carbocycles. The van der Waals surface area contributed by atoms with Crippen molar-refractivity contribution >= 4 is 34.8 Å². The summed E-state index contributed by atoms with van der Waals surface area (Å²) in [5.41, 5.74) is 6.72. The van der Waals surface area contributed by atoms with E-state index in [0.717, 1.165) is 6.42 Å². The smallest absolute Gasteiger partial charge is 0.241 e. The summed E-state index contributed by atoms with van der Waals surface area (Å²) in [5, 5.41) is 5.68. The second kappa shape index (κ2) is 7.11. The van der Waals surface area contributed by atoms with Crippen molar-refractivity contribution in [1.82, 2.24) is 0 Å². The Bertz CT molecular complexity index is 477. The number of benzene rings is 1. The highest BCUT2D eigenvalue weighted by molar-refractivity contribution is 6.34. The van der Waals surface area contributed by atoms with Gasteiger partial charge >= 0.3 is 0 Å². The van der Waals surface area contributed by atoms with E-state index in [1.807, 2.05) is 6.92 Å². The quantitative estimate of drug-likeness (QED) is 0.775. The minimum absolute atomic E-state index is 0.192. The molecule has 0 bridgehead atoms. The summed E-state index contributed by atoms with van der Waals surface area (Å²) in [6, 6.07) is 4.30. The molecule has 1 rings (SSSR count). The van der Waals surface area contributed by atoms with E-state index in [0.29, 0.717) is 22.8 Å². The number of hydrogen-bond acceptors (Lipinski definition) is 3. The van der Waals surface area contributed by atoms with Crippen molar-refractivity contribution in [3.8, 4) is 0 Å². The fourth-order valence-electron chi connectivity index (χ4n) is 1.57. The Kier molecular flexibility index (Phi) is 5.79. The van der Waals surface area contributed by atoms with Gasteiger partial charge in [-0.15, -0.1) is 0 Å². The predicted octanol–water partition coefficient (Wildman–Crippen LogP) is 2.36. The number of halogens is 1. The molecule has 0 fully saturated rings. The number of rotatable bonds is 5. The van der Waals surface area contributed by atoms with Crippen molar-refractivity contribution in [2.24, 2.45) is 5.73 Å². The van der Waals surface area contributed by atoms with Crippen LogP contribution in [0.5, 0.6) is 0 Å². The van der Waals surface area contributed by atoms with Crippen LogP contribution in [-0.2, 0) is 9.59 Å². The lowest BCUT2D eigenvalue weighted by Gasteiger charge is -2.13. The number of anilines is 2. The molecule has 0 aromatic heterocycles. The Morgan fingerprint density at radius 3 is 2.63 bits per heavy atom. The van der Waals surface area contributed by atoms with Crippen molar-refractivity contribution in [3.63, 3.8) is 0 Å². The lowest BCUT2D eigenvalue weighted by Crippen LogP contribution is -2.35. The molecule has 2 amide bonds. The number of hydrogen-bond donors (Lipinski definition) is 3. The summed E-state index contributed by atoms with van der Waals surface area (Å²) >= 11 is 5.99. The summed E-state index contributed by atoms with van der Waals surface area (Å²) in [5.74, 6) is -0.481. The number of carbonyl (C=O) groups is 2. The Hall–Kier alpha value is -1.59. The Morgan fingerprint density at radius 1 is 1.37 bits per heavy atom. The molecule has 19 heavy (non-hydrogen) atoms. The molecule has 0 heterocycles. The van der Waals surface area contributed by atoms with E-state index >= 15 is 0 Å². The van der Waals surface area contributed by atoms with E-state index in [2.05, 4.69) is 10.6 Å². The maximum Gasteiger partial charge on any atom is 0.241 e. The van der Waals surface area contributed by atoms with Crippen LogP contribution in [0.3, 0.4) is 0 Å². The first-order chi connectivity index (χ1) is 8.93. The van der Waals surface area contributed by atoms with Gasteiger partial charge in [0.15, 0.2) is 0 Å². The molecule has 0 aliphatic rings. The Morgan fingerprint density at radius 2 is 2.05 bits per heavy atom. The van der Waals surface area contributed by atoms with E-state index < -0.39 is 6.04 Å². The fourth-order valence-corrected chi connectivity index (χ4v) is 1.73. The van der Waals surface area contributed by atoms with Gasteiger partial charge in [0.25, 0.3) is 0 Å². The van der Waals surface area contributed by atoms with E-state index in [-0.39, 0.29) is 11.8 Å². The topological polar surface area (TPSA) is 84.2 Å². The SMILES string of the molecule is CCCC(N)C(=O)Nc1cc(NC(C)=O)ccc1Cl. The minimum Gasteiger partial charge on any atom is -0.326 e. The summed E-state index contributed by atoms with van der Waals surface area (Å²) in [7, 11) is 0. The summed E-state index contributed by atoms with van der Waals surface area (Å²) < 4.78 is 0. The fraction of sp³-hybridized carbons (Fsp3) is 0.385. The predicted molar refractivity (Wildman–Crippen MR) is 77.3 cm³/mol. The minimum atomic E-state index is -0.564. The maximum atomic E-state index is 11.8. The molecule has 0 saturated heterocycles. The molecule has 1 aromatic carbocycles. The standard InChI is InChI=1S/C13H18ClN3O2/c1-3-4-11(15)13(19)17-12-7-9(16-8(2)18)5-6-10(12)14/h5-7,11H,3-4,15H2,1-2H3,(H,16,18)(H,17,19). The van der Waals surface area contributed by atoms with Crippen LogP contribution in [0.25, 0.3) is 0 Å². The lowest BCUT2D eigenvalue weighted by atomic mass is 10.1. The highest BCUT2D eigenvalue weighted by Crippen LogP contribution is 2.25. The van der Waals surface area contributed by atoms with Gasteiger partial charge in [0.1, 0.15) is 0 Å². The van der Waals surface area contributed by atoms with Crippen LogP contribution < -0.4 is 16.4 Å². The third-order valence-corrected chi connectivity index (χ3v) is 2.81. The average Bonchev–Trinajstić information content (AvgIpc) is 2.33. The normalized spacial score (nSPS) is 11.8. The molecular formula is C13H18ClN3O2. The molecule has 0 aliphatic heterocycles. The third-order valence-electron chi connectivity index (χ3n) is 2.48. The zero-order valence-electron chi connectivity index (χ0n) is 11.0. The second-order valence-corrected chi connectivity index (χ2v) is 4.67. The number of amides is 2. The zero-order valence-corrected chi connectivity index (χ0v) is 11.8. The molecule has 6 heteroatoms. The first kappa shape index (κ1) is 15.5. The highest BCUT2D eigenvalue weighted by atomic mass is 35.5. The molecule has 4 N–H and O–H groups in total. The van der Waals surface area contributed by atoms with Gasteiger partial charge in [-0.3, -0.25) is 9.59 Å². The molecule has 1 aromatic rings. The highest BCUT2D eigenvalue weighted by Gasteiger charge is 2.14. The molecule has 104 valence electrons. The van der Waals surface area contributed by atoms with Gasteiger partial charge in [0.05, 0.1) is 16.8 Å². The third kappa shape index (κ3) is 4.89. The lowest BCUT2D eigenvalue weighted by molar-refractivity contribution is -0.117. The van der Waals surface area contributed by atoms with Gasteiger partial charge < -0.3 is 16.4 Å². The average molecular weight is 284 g/mol. The molecular weight excluding hydrogens is 266 g/mol. The van der Waals surface area contributed by atoms with Crippen LogP contribution in [-0.4, -0.2) is 17.9 Å². The largest absolute Gasteiger partial charge is 0.326 e. The number of nitrogens with two attached hydrogens (primary N) is 1. The van der Waals surface area contributed by atoms with Crippen molar-refractivity contribution in [3.05, 3.63) is 23.2 Å². The van der Waals surface area contributed by atoms with Crippen LogP contribution in [0, 0.1) is 0 Å². The van der Waals surface area contributed by atoms with Crippen LogP contribution in [0.2, 0.25) is 5.02 Å². The monoisotopic (exact) mass is 283 g/mol. The van der Waals surface area contributed by atoms with E-state index in [4.69, 9.17) is 17.3 Å². The van der Waals surface area contributed by atoms with Crippen LogP contribution in [0.4, 0.5) is 11.4 Å². The molecule has 0 radical (unpaired) electrons. The molecule has 0 saturated carbocycles. The number of nitrogens with one attached hydrogen (secondary N) is 2. The zero-order chi connectivity index (χ0) is 14.4. The van der Waals surface area contributed by atoms with Crippen LogP contribution in [0.1, 0.15) is 26.7 Å². The van der Waals surface area contributed by atoms with Gasteiger partial charge in [0.2, 0.25) is 11.8 Å². The number of carbonyl (C=O) groups excluding carboxylic acids is 2. The molecule has 5 nitrogen and oxygen atoms in total. The van der Waals surface area contributed by atoms with Crippen molar-refractivity contribution in [1.29, 1.82) is 0 Å². The summed E-state index contributed by atoms with van der Waals surface area (Å²) in [4.78, 5) is 22.8. The van der Waals surface area contributed by atoms with Gasteiger partial charge in [0, 0.05) is 12.6 Å². The summed E-state index contributed by atoms with van der Waals surface area (Å²) in [6.07, 6.45) is 1.43. The first-order valence-corrected chi connectivity index (χ1v) is 6.45. The Labute approximate surface area is 117 Å². The van der Waals surface area contributed by atoms with Crippen molar-refractivity contribution in [2.45, 2.75) is 32.7 Å². The molecule has 0 spiro atoms. The van der Waals surface area contributed by atoms with E-state index in [1.54, 1.807) is 18.2 Å². The second-order valence-electron chi connectivity index (χ2n) is 4.26. The molecule has 1 atom stereocenters. The van der Waals surface area contributed by atoms with Crippen LogP contribution in [0.15, 0.2) is 18.2 Å². The van der Waals surface area contributed by atoms with Gasteiger partial charge in [-0.05, 0) is 24.6 Å². The van der Waals surface area contributed by atoms with Crippen molar-refractivity contribution < 1.29 is 9.59 Å².